The van der Waals surface area contributed by atoms with Crippen LogP contribution in [-0.4, -0.2) is 42.9 Å². The zero-order chi connectivity index (χ0) is 17.8. The molecular formula is C18H17F2N3O2. The van der Waals surface area contributed by atoms with Gasteiger partial charge in [-0.2, -0.15) is 0 Å². The Kier molecular flexibility index (Phi) is 4.92. The Morgan fingerprint density at radius 1 is 0.920 bits per heavy atom. The molecule has 25 heavy (non-hydrogen) atoms. The summed E-state index contributed by atoms with van der Waals surface area (Å²) in [6.45, 7) is 1.48. The lowest BCUT2D eigenvalue weighted by Gasteiger charge is -2.35. The molecule has 1 heterocycles. The fourth-order valence-electron chi connectivity index (χ4n) is 2.75. The number of nitrogens with one attached hydrogen (secondary N) is 1. The molecule has 0 atom stereocenters. The molecule has 0 radical (unpaired) electrons. The van der Waals surface area contributed by atoms with E-state index in [-0.39, 0.29) is 11.5 Å². The smallest absolute Gasteiger partial charge is 0.313 e. The van der Waals surface area contributed by atoms with Crippen LogP contribution >= 0.6 is 0 Å². The number of para-hydroxylation sites is 1. The van der Waals surface area contributed by atoms with E-state index in [9.17, 15) is 18.4 Å². The van der Waals surface area contributed by atoms with Crippen LogP contribution < -0.4 is 10.2 Å². The van der Waals surface area contributed by atoms with Crippen LogP contribution in [0.25, 0.3) is 0 Å². The third kappa shape index (κ3) is 3.93. The molecule has 1 saturated heterocycles. The van der Waals surface area contributed by atoms with Crippen LogP contribution in [0.5, 0.6) is 0 Å². The summed E-state index contributed by atoms with van der Waals surface area (Å²) in [6.07, 6.45) is 0. The van der Waals surface area contributed by atoms with Gasteiger partial charge in [0.05, 0.1) is 5.69 Å². The van der Waals surface area contributed by atoms with Gasteiger partial charge < -0.3 is 15.1 Å². The summed E-state index contributed by atoms with van der Waals surface area (Å²) in [4.78, 5) is 27.5. The van der Waals surface area contributed by atoms with Gasteiger partial charge in [-0.15, -0.1) is 0 Å². The van der Waals surface area contributed by atoms with Crippen molar-refractivity contribution in [2.24, 2.45) is 0 Å². The highest BCUT2D eigenvalue weighted by Gasteiger charge is 2.27. The third-order valence-electron chi connectivity index (χ3n) is 4.04. The van der Waals surface area contributed by atoms with Crippen molar-refractivity contribution in [1.82, 2.24) is 4.90 Å². The summed E-state index contributed by atoms with van der Waals surface area (Å²) in [6, 6.07) is 11.8. The number of piperazine rings is 1. The second-order valence-electron chi connectivity index (χ2n) is 5.70. The number of halogens is 2. The number of carbonyl (C=O) groups is 2. The Balaban J connectivity index is 1.58. The maximum absolute atomic E-state index is 13.8. The van der Waals surface area contributed by atoms with Crippen molar-refractivity contribution in [3.05, 3.63) is 60.2 Å². The molecule has 0 bridgehead atoms. The number of nitrogens with zero attached hydrogens (tertiary/aromatic N) is 2. The number of amides is 2. The van der Waals surface area contributed by atoms with Crippen molar-refractivity contribution < 1.29 is 18.4 Å². The van der Waals surface area contributed by atoms with Gasteiger partial charge in [-0.25, -0.2) is 8.78 Å². The van der Waals surface area contributed by atoms with Gasteiger partial charge in [-0.1, -0.05) is 18.2 Å². The molecule has 1 fully saturated rings. The van der Waals surface area contributed by atoms with Gasteiger partial charge in [-0.3, -0.25) is 9.59 Å². The van der Waals surface area contributed by atoms with Gasteiger partial charge in [-0.05, 0) is 30.3 Å². The molecule has 5 nitrogen and oxygen atoms in total. The Labute approximate surface area is 143 Å². The van der Waals surface area contributed by atoms with Crippen LogP contribution in [0.4, 0.5) is 20.2 Å². The highest BCUT2D eigenvalue weighted by molar-refractivity contribution is 6.39. The molecule has 1 aliphatic rings. The average Bonchev–Trinajstić information content (AvgIpc) is 2.62. The maximum atomic E-state index is 13.8. The monoisotopic (exact) mass is 345 g/mol. The van der Waals surface area contributed by atoms with E-state index in [1.165, 1.54) is 29.2 Å². The number of anilines is 2. The van der Waals surface area contributed by atoms with E-state index >= 15 is 0 Å². The van der Waals surface area contributed by atoms with Crippen molar-refractivity contribution >= 4 is 23.2 Å². The van der Waals surface area contributed by atoms with Crippen LogP contribution in [0, 0.1) is 11.6 Å². The van der Waals surface area contributed by atoms with E-state index in [0.717, 1.165) is 6.07 Å². The quantitative estimate of drug-likeness (QED) is 0.850. The third-order valence-corrected chi connectivity index (χ3v) is 4.04. The van der Waals surface area contributed by atoms with Crippen LogP contribution in [0.2, 0.25) is 0 Å². The number of rotatable bonds is 2. The van der Waals surface area contributed by atoms with Gasteiger partial charge in [0, 0.05) is 31.9 Å². The zero-order valence-electron chi connectivity index (χ0n) is 13.4. The van der Waals surface area contributed by atoms with Crippen molar-refractivity contribution in [2.75, 3.05) is 36.4 Å². The Morgan fingerprint density at radius 3 is 2.32 bits per heavy atom. The first-order valence-electron chi connectivity index (χ1n) is 7.90. The number of hydrogen-bond acceptors (Lipinski definition) is 3. The summed E-state index contributed by atoms with van der Waals surface area (Å²) in [5.74, 6) is -2.31. The van der Waals surface area contributed by atoms with E-state index in [2.05, 4.69) is 5.32 Å². The fraction of sp³-hybridized carbons (Fsp3) is 0.222. The molecule has 2 aromatic rings. The summed E-state index contributed by atoms with van der Waals surface area (Å²) in [7, 11) is 0. The molecule has 0 unspecified atom stereocenters. The molecule has 130 valence electrons. The Bertz CT molecular complexity index is 789. The molecule has 0 spiro atoms. The second-order valence-corrected chi connectivity index (χ2v) is 5.70. The van der Waals surface area contributed by atoms with Crippen molar-refractivity contribution in [1.29, 1.82) is 0 Å². The van der Waals surface area contributed by atoms with Crippen molar-refractivity contribution in [3.8, 4) is 0 Å². The highest BCUT2D eigenvalue weighted by atomic mass is 19.1. The number of hydrogen-bond donors (Lipinski definition) is 1. The van der Waals surface area contributed by atoms with E-state index in [1.807, 2.05) is 4.90 Å². The predicted molar refractivity (Wildman–Crippen MR) is 90.2 cm³/mol. The Hall–Kier alpha value is -2.96. The normalized spacial score (nSPS) is 14.3. The van der Waals surface area contributed by atoms with Crippen LogP contribution in [0.3, 0.4) is 0 Å². The fourth-order valence-corrected chi connectivity index (χ4v) is 2.75. The van der Waals surface area contributed by atoms with Crippen molar-refractivity contribution in [3.63, 3.8) is 0 Å². The Morgan fingerprint density at radius 2 is 1.64 bits per heavy atom. The first-order chi connectivity index (χ1) is 12.0. The van der Waals surface area contributed by atoms with Gasteiger partial charge >= 0.3 is 11.8 Å². The first kappa shape index (κ1) is 16.9. The predicted octanol–water partition coefficient (Wildman–Crippen LogP) is 2.25. The number of benzene rings is 2. The van der Waals surface area contributed by atoms with Crippen LogP contribution in [-0.2, 0) is 9.59 Å². The van der Waals surface area contributed by atoms with Gasteiger partial charge in [0.25, 0.3) is 0 Å². The van der Waals surface area contributed by atoms with Gasteiger partial charge in [0.1, 0.15) is 11.6 Å². The molecule has 0 aliphatic carbocycles. The number of carbonyl (C=O) groups excluding carboxylic acids is 2. The lowest BCUT2D eigenvalue weighted by Crippen LogP contribution is -2.51. The molecule has 0 aromatic heterocycles. The lowest BCUT2D eigenvalue weighted by molar-refractivity contribution is -0.143. The molecule has 2 amide bonds. The maximum Gasteiger partial charge on any atom is 0.313 e. The topological polar surface area (TPSA) is 52.7 Å². The molecule has 1 aliphatic heterocycles. The molecule has 1 N–H and O–H groups in total. The van der Waals surface area contributed by atoms with Crippen molar-refractivity contribution in [2.45, 2.75) is 0 Å². The standard InChI is InChI=1S/C18H17F2N3O2/c19-13-4-3-5-14(12-13)21-17(24)18(25)23-10-8-22(9-11-23)16-7-2-1-6-15(16)20/h1-7,12H,8-11H2,(H,21,24). The molecule has 3 rings (SSSR count). The average molecular weight is 345 g/mol. The molecule has 2 aromatic carbocycles. The van der Waals surface area contributed by atoms with Gasteiger partial charge in [0.2, 0.25) is 0 Å². The second kappa shape index (κ2) is 7.29. The minimum Gasteiger partial charge on any atom is -0.366 e. The summed E-state index contributed by atoms with van der Waals surface area (Å²) < 4.78 is 26.9. The van der Waals surface area contributed by atoms with E-state index in [1.54, 1.807) is 18.2 Å². The zero-order valence-corrected chi connectivity index (χ0v) is 13.4. The molecular weight excluding hydrogens is 328 g/mol. The SMILES string of the molecule is O=C(Nc1cccc(F)c1)C(=O)N1CCN(c2ccccc2F)CC1. The largest absolute Gasteiger partial charge is 0.366 e. The van der Waals surface area contributed by atoms with E-state index in [0.29, 0.717) is 31.9 Å². The van der Waals surface area contributed by atoms with E-state index in [4.69, 9.17) is 0 Å². The van der Waals surface area contributed by atoms with Crippen LogP contribution in [0.1, 0.15) is 0 Å². The summed E-state index contributed by atoms with van der Waals surface area (Å²) in [5.41, 5.74) is 0.710. The highest BCUT2D eigenvalue weighted by Crippen LogP contribution is 2.20. The van der Waals surface area contributed by atoms with Crippen LogP contribution in [0.15, 0.2) is 48.5 Å². The first-order valence-corrected chi connectivity index (χ1v) is 7.90. The molecule has 7 heteroatoms. The molecule has 0 saturated carbocycles. The minimum absolute atomic E-state index is 0.225. The van der Waals surface area contributed by atoms with Gasteiger partial charge in [0.15, 0.2) is 0 Å². The van der Waals surface area contributed by atoms with E-state index < -0.39 is 17.6 Å². The summed E-state index contributed by atoms with van der Waals surface area (Å²) in [5, 5.41) is 2.39. The minimum atomic E-state index is -0.815. The summed E-state index contributed by atoms with van der Waals surface area (Å²) >= 11 is 0. The lowest BCUT2D eigenvalue weighted by atomic mass is 10.2.